The summed E-state index contributed by atoms with van der Waals surface area (Å²) < 4.78 is 13.4. The Labute approximate surface area is 195 Å². The predicted octanol–water partition coefficient (Wildman–Crippen LogP) is 4.72. The van der Waals surface area contributed by atoms with Crippen LogP contribution in [-0.2, 0) is 17.8 Å². The monoisotopic (exact) mass is 449 g/mol. The van der Waals surface area contributed by atoms with E-state index in [0.717, 1.165) is 17.7 Å². The number of anilines is 2. The number of aryl methyl sites for hydroxylation is 1. The lowest BCUT2D eigenvalue weighted by Crippen LogP contribution is -2.40. The van der Waals surface area contributed by atoms with Crippen molar-refractivity contribution < 1.29 is 9.18 Å². The summed E-state index contributed by atoms with van der Waals surface area (Å²) in [5, 5.41) is 9.45. The summed E-state index contributed by atoms with van der Waals surface area (Å²) >= 11 is 0. The van der Waals surface area contributed by atoms with Gasteiger partial charge < -0.3 is 16.0 Å². The maximum Gasteiger partial charge on any atom is 0.242 e. The van der Waals surface area contributed by atoms with E-state index in [1.807, 2.05) is 31.2 Å². The lowest BCUT2D eigenvalue weighted by Gasteiger charge is -2.21. The van der Waals surface area contributed by atoms with Crippen molar-refractivity contribution in [3.05, 3.63) is 83.3 Å². The smallest absolute Gasteiger partial charge is 0.242 e. The van der Waals surface area contributed by atoms with E-state index in [-0.39, 0.29) is 18.3 Å². The fourth-order valence-corrected chi connectivity index (χ4v) is 3.53. The van der Waals surface area contributed by atoms with E-state index in [9.17, 15) is 9.18 Å². The number of benzene rings is 2. The van der Waals surface area contributed by atoms with Crippen LogP contribution in [0.4, 0.5) is 16.2 Å². The number of halogens is 1. The van der Waals surface area contributed by atoms with Gasteiger partial charge in [0.2, 0.25) is 11.9 Å². The Morgan fingerprint density at radius 2 is 1.76 bits per heavy atom. The molecule has 3 N–H and O–H groups in total. The van der Waals surface area contributed by atoms with Gasteiger partial charge in [-0.05, 0) is 48.9 Å². The van der Waals surface area contributed by atoms with Crippen LogP contribution in [0.1, 0.15) is 37.1 Å². The van der Waals surface area contributed by atoms with E-state index in [1.165, 1.54) is 17.7 Å². The molecule has 0 aliphatic carbocycles. The fourth-order valence-electron chi connectivity index (χ4n) is 3.53. The normalized spacial score (nSPS) is 11.8. The van der Waals surface area contributed by atoms with Crippen molar-refractivity contribution in [1.82, 2.24) is 15.3 Å². The molecule has 0 unspecified atom stereocenters. The molecule has 3 rings (SSSR count). The number of hydrogen-bond donors (Lipinski definition) is 3. The Hall–Kier alpha value is -3.48. The Kier molecular flexibility index (Phi) is 8.75. The highest BCUT2D eigenvalue weighted by Gasteiger charge is 2.20. The maximum absolute atomic E-state index is 13.4. The van der Waals surface area contributed by atoms with Crippen LogP contribution >= 0.6 is 0 Å². The molecule has 7 heteroatoms. The molecule has 0 aliphatic rings. The molecule has 0 radical (unpaired) electrons. The number of nitrogens with one attached hydrogen (secondary N) is 3. The minimum atomic E-state index is -0.468. The predicted molar refractivity (Wildman–Crippen MR) is 131 cm³/mol. The third-order valence-corrected chi connectivity index (χ3v) is 5.10. The number of carbonyl (C=O) groups is 1. The Bertz CT molecular complexity index is 1040. The second kappa shape index (κ2) is 11.9. The molecule has 1 heterocycles. The molecule has 33 heavy (non-hydrogen) atoms. The summed E-state index contributed by atoms with van der Waals surface area (Å²) in [6, 6.07) is 17.8. The van der Waals surface area contributed by atoms with Gasteiger partial charge >= 0.3 is 0 Å². The highest BCUT2D eigenvalue weighted by molar-refractivity contribution is 5.84. The van der Waals surface area contributed by atoms with Gasteiger partial charge in [-0.3, -0.25) is 4.79 Å². The lowest BCUT2D eigenvalue weighted by atomic mass is 10.0. The van der Waals surface area contributed by atoms with Crippen LogP contribution in [0.5, 0.6) is 0 Å². The van der Waals surface area contributed by atoms with Gasteiger partial charge in [0.25, 0.3) is 0 Å². The molecule has 0 saturated carbocycles. The first-order valence-electron chi connectivity index (χ1n) is 11.3. The molecule has 0 aliphatic heterocycles. The Morgan fingerprint density at radius 1 is 1.00 bits per heavy atom. The van der Waals surface area contributed by atoms with E-state index in [2.05, 4.69) is 51.9 Å². The molecule has 1 atom stereocenters. The molecular formula is C26H32FN5O. The standard InChI is InChI=1S/C26H32FN5O/c1-18(2)14-23(25(33)29-17-21-10-7-11-22(27)16-21)31-24-15-19(3)30-26(32-24)28-13-12-20-8-5-4-6-9-20/h4-11,15-16,18,23H,12-14,17H2,1-3H3,(H,29,33)(H2,28,30,31,32)/t23-/m0/s1. The van der Waals surface area contributed by atoms with Gasteiger partial charge in [0.1, 0.15) is 17.7 Å². The van der Waals surface area contributed by atoms with Crippen molar-refractivity contribution in [1.29, 1.82) is 0 Å². The van der Waals surface area contributed by atoms with Gasteiger partial charge in [0.05, 0.1) is 0 Å². The van der Waals surface area contributed by atoms with Crippen LogP contribution in [0.2, 0.25) is 0 Å². The Morgan fingerprint density at radius 3 is 2.48 bits per heavy atom. The summed E-state index contributed by atoms with van der Waals surface area (Å²) in [4.78, 5) is 21.9. The number of carbonyl (C=O) groups excluding carboxylic acids is 1. The molecule has 1 amide bonds. The minimum Gasteiger partial charge on any atom is -0.358 e. The number of aromatic nitrogens is 2. The SMILES string of the molecule is Cc1cc(N[C@@H](CC(C)C)C(=O)NCc2cccc(F)c2)nc(NCCc2ccccc2)n1. The number of nitrogens with zero attached hydrogens (tertiary/aromatic N) is 2. The van der Waals surface area contributed by atoms with Gasteiger partial charge in [-0.15, -0.1) is 0 Å². The van der Waals surface area contributed by atoms with Crippen LogP contribution in [0.15, 0.2) is 60.7 Å². The van der Waals surface area contributed by atoms with Gasteiger partial charge in [-0.2, -0.15) is 4.98 Å². The van der Waals surface area contributed by atoms with Gasteiger partial charge in [0, 0.05) is 24.8 Å². The van der Waals surface area contributed by atoms with Crippen molar-refractivity contribution in [2.75, 3.05) is 17.2 Å². The van der Waals surface area contributed by atoms with E-state index in [0.29, 0.717) is 30.6 Å². The first-order chi connectivity index (χ1) is 15.9. The molecule has 0 saturated heterocycles. The van der Waals surface area contributed by atoms with Gasteiger partial charge in [-0.25, -0.2) is 9.37 Å². The zero-order valence-electron chi connectivity index (χ0n) is 19.4. The largest absolute Gasteiger partial charge is 0.358 e. The highest BCUT2D eigenvalue weighted by atomic mass is 19.1. The average Bonchev–Trinajstić information content (AvgIpc) is 2.77. The van der Waals surface area contributed by atoms with E-state index in [4.69, 9.17) is 0 Å². The topological polar surface area (TPSA) is 78.9 Å². The average molecular weight is 450 g/mol. The number of hydrogen-bond acceptors (Lipinski definition) is 5. The molecule has 6 nitrogen and oxygen atoms in total. The molecule has 0 spiro atoms. The van der Waals surface area contributed by atoms with Crippen molar-refractivity contribution in [3.63, 3.8) is 0 Å². The van der Waals surface area contributed by atoms with Crippen molar-refractivity contribution in [2.24, 2.45) is 5.92 Å². The molecule has 2 aromatic carbocycles. The van der Waals surface area contributed by atoms with Crippen molar-refractivity contribution in [3.8, 4) is 0 Å². The first-order valence-corrected chi connectivity index (χ1v) is 11.3. The lowest BCUT2D eigenvalue weighted by molar-refractivity contribution is -0.122. The maximum atomic E-state index is 13.4. The first kappa shape index (κ1) is 24.2. The summed E-state index contributed by atoms with van der Waals surface area (Å²) in [5.74, 6) is 0.951. The molecule has 0 fully saturated rings. The summed E-state index contributed by atoms with van der Waals surface area (Å²) in [5.41, 5.74) is 2.76. The van der Waals surface area contributed by atoms with Crippen LogP contribution in [0.3, 0.4) is 0 Å². The second-order valence-corrected chi connectivity index (χ2v) is 8.55. The fraction of sp³-hybridized carbons (Fsp3) is 0.346. The highest BCUT2D eigenvalue weighted by Crippen LogP contribution is 2.15. The summed E-state index contributed by atoms with van der Waals surface area (Å²) in [7, 11) is 0. The quantitative estimate of drug-likeness (QED) is 0.395. The summed E-state index contributed by atoms with van der Waals surface area (Å²) in [6.07, 6.45) is 1.49. The molecule has 1 aromatic heterocycles. The Balaban J connectivity index is 1.63. The van der Waals surface area contributed by atoms with Crippen LogP contribution in [0.25, 0.3) is 0 Å². The summed E-state index contributed by atoms with van der Waals surface area (Å²) in [6.45, 7) is 7.00. The van der Waals surface area contributed by atoms with Crippen LogP contribution in [0, 0.1) is 18.7 Å². The zero-order chi connectivity index (χ0) is 23.6. The third-order valence-electron chi connectivity index (χ3n) is 5.10. The molecular weight excluding hydrogens is 417 g/mol. The van der Waals surface area contributed by atoms with E-state index in [1.54, 1.807) is 12.1 Å². The molecule has 174 valence electrons. The molecule has 0 bridgehead atoms. The number of amides is 1. The minimum absolute atomic E-state index is 0.150. The van der Waals surface area contributed by atoms with Crippen LogP contribution < -0.4 is 16.0 Å². The van der Waals surface area contributed by atoms with Gasteiger partial charge in [0.15, 0.2) is 0 Å². The molecule has 3 aromatic rings. The second-order valence-electron chi connectivity index (χ2n) is 8.55. The third kappa shape index (κ3) is 8.18. The zero-order valence-corrected chi connectivity index (χ0v) is 19.4. The number of rotatable bonds is 11. The van der Waals surface area contributed by atoms with Gasteiger partial charge in [-0.1, -0.05) is 56.3 Å². The van der Waals surface area contributed by atoms with Crippen molar-refractivity contribution >= 4 is 17.7 Å². The van der Waals surface area contributed by atoms with E-state index >= 15 is 0 Å². The van der Waals surface area contributed by atoms with E-state index < -0.39 is 6.04 Å². The van der Waals surface area contributed by atoms with Crippen molar-refractivity contribution in [2.45, 2.75) is 46.2 Å². The van der Waals surface area contributed by atoms with Crippen LogP contribution in [-0.4, -0.2) is 28.5 Å².